The fraction of sp³-hybridized carbons (Fsp3) is 1.00. The van der Waals surface area contributed by atoms with Gasteiger partial charge >= 0.3 is 0 Å². The SMILES string of the molecule is CCN[C@H](C)[C@H]1C[C@@H]2CC[C@H]1C2. The topological polar surface area (TPSA) is 12.0 Å². The van der Waals surface area contributed by atoms with Crippen LogP contribution in [0.25, 0.3) is 0 Å². The first kappa shape index (κ1) is 8.55. The molecular formula is C11H21N. The molecule has 2 fully saturated rings. The molecule has 0 aromatic rings. The van der Waals surface area contributed by atoms with Crippen LogP contribution >= 0.6 is 0 Å². The molecule has 2 saturated carbocycles. The minimum atomic E-state index is 0.769. The molecule has 0 aliphatic heterocycles. The Morgan fingerprint density at radius 1 is 1.33 bits per heavy atom. The second kappa shape index (κ2) is 3.37. The third-order valence-corrected chi connectivity index (χ3v) is 3.96. The third-order valence-electron chi connectivity index (χ3n) is 3.96. The lowest BCUT2D eigenvalue weighted by Crippen LogP contribution is -2.35. The van der Waals surface area contributed by atoms with Crippen molar-refractivity contribution in [3.63, 3.8) is 0 Å². The van der Waals surface area contributed by atoms with Gasteiger partial charge in [-0.3, -0.25) is 0 Å². The van der Waals surface area contributed by atoms with E-state index in [1.807, 2.05) is 0 Å². The molecule has 12 heavy (non-hydrogen) atoms. The van der Waals surface area contributed by atoms with Crippen molar-refractivity contribution < 1.29 is 0 Å². The van der Waals surface area contributed by atoms with Crippen molar-refractivity contribution in [1.29, 1.82) is 0 Å². The van der Waals surface area contributed by atoms with Crippen molar-refractivity contribution in [2.24, 2.45) is 17.8 Å². The summed E-state index contributed by atoms with van der Waals surface area (Å²) >= 11 is 0. The van der Waals surface area contributed by atoms with Gasteiger partial charge in [0.1, 0.15) is 0 Å². The smallest absolute Gasteiger partial charge is 0.00696 e. The Hall–Kier alpha value is -0.0400. The molecule has 1 heteroatoms. The largest absolute Gasteiger partial charge is 0.314 e. The first-order valence-electron chi connectivity index (χ1n) is 5.54. The van der Waals surface area contributed by atoms with Crippen LogP contribution in [0.1, 0.15) is 39.5 Å². The molecule has 1 N–H and O–H groups in total. The van der Waals surface area contributed by atoms with Crippen molar-refractivity contribution in [3.8, 4) is 0 Å². The standard InChI is InChI=1S/C11H21N/c1-3-12-8(2)11-7-9-4-5-10(11)6-9/h8-12H,3-7H2,1-2H3/t8-,9-,10+,11-/m1/s1. The Morgan fingerprint density at radius 3 is 2.67 bits per heavy atom. The van der Waals surface area contributed by atoms with Crippen LogP contribution in [0.2, 0.25) is 0 Å². The quantitative estimate of drug-likeness (QED) is 0.680. The lowest BCUT2D eigenvalue weighted by atomic mass is 9.84. The van der Waals surface area contributed by atoms with E-state index in [1.54, 1.807) is 6.42 Å². The van der Waals surface area contributed by atoms with E-state index in [0.29, 0.717) is 0 Å². The first-order chi connectivity index (χ1) is 5.81. The highest BCUT2D eigenvalue weighted by atomic mass is 14.9. The molecule has 0 saturated heterocycles. The van der Waals surface area contributed by atoms with Gasteiger partial charge in [0.15, 0.2) is 0 Å². The van der Waals surface area contributed by atoms with Gasteiger partial charge in [0.2, 0.25) is 0 Å². The van der Waals surface area contributed by atoms with E-state index in [1.165, 1.54) is 19.3 Å². The lowest BCUT2D eigenvalue weighted by Gasteiger charge is -2.28. The maximum Gasteiger partial charge on any atom is 0.00696 e. The zero-order valence-electron chi connectivity index (χ0n) is 8.34. The summed E-state index contributed by atoms with van der Waals surface area (Å²) in [5.74, 6) is 3.17. The molecule has 0 heterocycles. The highest BCUT2D eigenvalue weighted by molar-refractivity contribution is 4.93. The van der Waals surface area contributed by atoms with Crippen LogP contribution in [-0.2, 0) is 0 Å². The van der Waals surface area contributed by atoms with Crippen LogP contribution in [-0.4, -0.2) is 12.6 Å². The molecule has 2 rings (SSSR count). The van der Waals surface area contributed by atoms with Gasteiger partial charge in [0, 0.05) is 6.04 Å². The molecular weight excluding hydrogens is 146 g/mol. The molecule has 0 radical (unpaired) electrons. The molecule has 0 amide bonds. The summed E-state index contributed by atoms with van der Waals surface area (Å²) in [6, 6.07) is 0.769. The fourth-order valence-electron chi connectivity index (χ4n) is 3.38. The van der Waals surface area contributed by atoms with E-state index >= 15 is 0 Å². The summed E-state index contributed by atoms with van der Waals surface area (Å²) in [7, 11) is 0. The molecule has 1 nitrogen and oxygen atoms in total. The van der Waals surface area contributed by atoms with E-state index in [-0.39, 0.29) is 0 Å². The Morgan fingerprint density at radius 2 is 2.17 bits per heavy atom. The third kappa shape index (κ3) is 1.39. The maximum absolute atomic E-state index is 3.57. The highest BCUT2D eigenvalue weighted by Gasteiger charge is 2.41. The Labute approximate surface area is 75.9 Å². The van der Waals surface area contributed by atoms with Crippen molar-refractivity contribution >= 4 is 0 Å². The second-order valence-electron chi connectivity index (χ2n) is 4.69. The molecule has 0 spiro atoms. The van der Waals surface area contributed by atoms with Gasteiger partial charge in [0.25, 0.3) is 0 Å². The van der Waals surface area contributed by atoms with Gasteiger partial charge in [0.05, 0.1) is 0 Å². The molecule has 70 valence electrons. The maximum atomic E-state index is 3.57. The summed E-state index contributed by atoms with van der Waals surface area (Å²) in [6.45, 7) is 5.72. The van der Waals surface area contributed by atoms with Crippen LogP contribution in [0, 0.1) is 17.8 Å². The molecule has 2 aliphatic carbocycles. The summed E-state index contributed by atoms with van der Waals surface area (Å²) in [5.41, 5.74) is 0. The Kier molecular flexibility index (Phi) is 2.40. The van der Waals surface area contributed by atoms with Crippen LogP contribution in [0.5, 0.6) is 0 Å². The van der Waals surface area contributed by atoms with Gasteiger partial charge in [-0.25, -0.2) is 0 Å². The molecule has 2 bridgehead atoms. The molecule has 0 unspecified atom stereocenters. The van der Waals surface area contributed by atoms with Gasteiger partial charge in [-0.15, -0.1) is 0 Å². The first-order valence-corrected chi connectivity index (χ1v) is 5.54. The van der Waals surface area contributed by atoms with E-state index in [0.717, 1.165) is 30.3 Å². The van der Waals surface area contributed by atoms with Crippen LogP contribution in [0.3, 0.4) is 0 Å². The minimum Gasteiger partial charge on any atom is -0.314 e. The van der Waals surface area contributed by atoms with Crippen LogP contribution in [0.15, 0.2) is 0 Å². The van der Waals surface area contributed by atoms with Gasteiger partial charge in [-0.1, -0.05) is 13.3 Å². The lowest BCUT2D eigenvalue weighted by molar-refractivity contribution is 0.263. The summed E-state index contributed by atoms with van der Waals surface area (Å²) in [4.78, 5) is 0. The van der Waals surface area contributed by atoms with Gasteiger partial charge in [-0.05, 0) is 50.5 Å². The van der Waals surface area contributed by atoms with E-state index in [2.05, 4.69) is 19.2 Å². The zero-order chi connectivity index (χ0) is 8.55. The molecule has 0 aromatic carbocycles. The molecule has 4 atom stereocenters. The minimum absolute atomic E-state index is 0.769. The van der Waals surface area contributed by atoms with Gasteiger partial charge < -0.3 is 5.32 Å². The summed E-state index contributed by atoms with van der Waals surface area (Å²) in [6.07, 6.45) is 6.10. The predicted molar refractivity (Wildman–Crippen MR) is 52.1 cm³/mol. The van der Waals surface area contributed by atoms with Crippen molar-refractivity contribution in [2.45, 2.75) is 45.6 Å². The van der Waals surface area contributed by atoms with Crippen LogP contribution < -0.4 is 5.32 Å². The average Bonchev–Trinajstić information content (AvgIpc) is 2.64. The normalized spacial score (nSPS) is 42.0. The number of fused-ring (bicyclic) bond motifs is 2. The Bertz CT molecular complexity index is 155. The van der Waals surface area contributed by atoms with Crippen molar-refractivity contribution in [2.75, 3.05) is 6.54 Å². The van der Waals surface area contributed by atoms with Gasteiger partial charge in [-0.2, -0.15) is 0 Å². The zero-order valence-corrected chi connectivity index (χ0v) is 8.34. The molecule has 0 aromatic heterocycles. The Balaban J connectivity index is 1.89. The summed E-state index contributed by atoms with van der Waals surface area (Å²) in [5, 5.41) is 3.57. The number of nitrogens with one attached hydrogen (secondary N) is 1. The number of hydrogen-bond donors (Lipinski definition) is 1. The van der Waals surface area contributed by atoms with Crippen molar-refractivity contribution in [3.05, 3.63) is 0 Å². The highest BCUT2D eigenvalue weighted by Crippen LogP contribution is 2.49. The number of hydrogen-bond acceptors (Lipinski definition) is 1. The second-order valence-corrected chi connectivity index (χ2v) is 4.69. The molecule has 2 aliphatic rings. The van der Waals surface area contributed by atoms with E-state index < -0.39 is 0 Å². The van der Waals surface area contributed by atoms with E-state index in [9.17, 15) is 0 Å². The van der Waals surface area contributed by atoms with E-state index in [4.69, 9.17) is 0 Å². The summed E-state index contributed by atoms with van der Waals surface area (Å²) < 4.78 is 0. The van der Waals surface area contributed by atoms with Crippen LogP contribution in [0.4, 0.5) is 0 Å². The average molecular weight is 167 g/mol. The monoisotopic (exact) mass is 167 g/mol. The number of rotatable bonds is 3. The fourth-order valence-corrected chi connectivity index (χ4v) is 3.38. The predicted octanol–water partition coefficient (Wildman–Crippen LogP) is 2.42. The van der Waals surface area contributed by atoms with Crippen molar-refractivity contribution in [1.82, 2.24) is 5.32 Å².